The Morgan fingerprint density at radius 2 is 1.68 bits per heavy atom. The number of amides is 1. The second-order valence-corrected chi connectivity index (χ2v) is 11.0. The lowest BCUT2D eigenvalue weighted by Crippen LogP contribution is -2.57. The lowest BCUT2D eigenvalue weighted by atomic mass is 9.47. The molecule has 3 aliphatic carbocycles. The summed E-state index contributed by atoms with van der Waals surface area (Å²) in [6.45, 7) is 6.80. The number of carbonyl (C=O) groups excluding carboxylic acids is 2. The van der Waals surface area contributed by atoms with Crippen LogP contribution in [-0.2, 0) is 14.3 Å². The first kappa shape index (κ1) is 18.9. The van der Waals surface area contributed by atoms with Crippen LogP contribution in [0.4, 0.5) is 0 Å². The maximum Gasteiger partial charge on any atom is 0.306 e. The summed E-state index contributed by atoms with van der Waals surface area (Å²) in [5.74, 6) is 2.79. The zero-order valence-electron chi connectivity index (χ0n) is 17.8. The number of fused-ring (bicyclic) bond motifs is 5. The first-order chi connectivity index (χ1) is 13.4. The van der Waals surface area contributed by atoms with Crippen molar-refractivity contribution in [3.05, 3.63) is 0 Å². The molecule has 0 spiro atoms. The van der Waals surface area contributed by atoms with Gasteiger partial charge in [0.15, 0.2) is 0 Å². The first-order valence-electron chi connectivity index (χ1n) is 11.9. The molecule has 1 amide bonds. The quantitative estimate of drug-likeness (QED) is 0.620. The minimum absolute atomic E-state index is 0.00892. The molecule has 28 heavy (non-hydrogen) atoms. The van der Waals surface area contributed by atoms with E-state index in [4.69, 9.17) is 4.74 Å². The molecule has 5 rings (SSSR count). The number of carbonyl (C=O) groups is 2. The van der Waals surface area contributed by atoms with Crippen molar-refractivity contribution in [3.8, 4) is 0 Å². The van der Waals surface area contributed by atoms with Gasteiger partial charge in [-0.2, -0.15) is 0 Å². The molecule has 4 nitrogen and oxygen atoms in total. The van der Waals surface area contributed by atoms with E-state index >= 15 is 0 Å². The lowest BCUT2D eigenvalue weighted by Gasteiger charge is -2.59. The third-order valence-corrected chi connectivity index (χ3v) is 9.89. The molecule has 3 saturated carbocycles. The highest BCUT2D eigenvalue weighted by molar-refractivity contribution is 5.80. The van der Waals surface area contributed by atoms with E-state index < -0.39 is 0 Å². The number of rotatable bonds is 1. The predicted octanol–water partition coefficient (Wildman–Crippen LogP) is 4.56. The number of esters is 1. The van der Waals surface area contributed by atoms with Crippen LogP contribution in [0.3, 0.4) is 0 Å². The molecule has 2 saturated heterocycles. The third kappa shape index (κ3) is 2.69. The summed E-state index contributed by atoms with van der Waals surface area (Å²) in [6.07, 6.45) is 12.3. The molecule has 0 unspecified atom stereocenters. The van der Waals surface area contributed by atoms with E-state index in [1.54, 1.807) is 0 Å². The van der Waals surface area contributed by atoms with Crippen LogP contribution < -0.4 is 0 Å². The highest BCUT2D eigenvalue weighted by Crippen LogP contribution is 2.66. The van der Waals surface area contributed by atoms with Gasteiger partial charge < -0.3 is 9.64 Å². The van der Waals surface area contributed by atoms with Crippen LogP contribution >= 0.6 is 0 Å². The lowest BCUT2D eigenvalue weighted by molar-refractivity contribution is -0.192. The molecule has 5 fully saturated rings. The van der Waals surface area contributed by atoms with E-state index in [9.17, 15) is 9.59 Å². The van der Waals surface area contributed by atoms with Crippen LogP contribution in [0, 0.1) is 34.5 Å². The van der Waals surface area contributed by atoms with Crippen LogP contribution in [0.1, 0.15) is 84.5 Å². The maximum absolute atomic E-state index is 13.4. The van der Waals surface area contributed by atoms with Crippen molar-refractivity contribution in [2.45, 2.75) is 90.6 Å². The Labute approximate surface area is 169 Å². The van der Waals surface area contributed by atoms with Crippen LogP contribution in [0.5, 0.6) is 0 Å². The third-order valence-electron chi connectivity index (χ3n) is 9.89. The summed E-state index contributed by atoms with van der Waals surface area (Å²) < 4.78 is 5.82. The Kier molecular flexibility index (Phi) is 4.56. The summed E-state index contributed by atoms with van der Waals surface area (Å²) in [5.41, 5.74) is 0.345. The topological polar surface area (TPSA) is 46.6 Å². The molecular weight excluding hydrogens is 350 g/mol. The van der Waals surface area contributed by atoms with Gasteiger partial charge in [-0.1, -0.05) is 13.8 Å². The van der Waals surface area contributed by atoms with Crippen molar-refractivity contribution in [1.82, 2.24) is 4.90 Å². The second kappa shape index (κ2) is 6.74. The molecular formula is C24H37NO3. The van der Waals surface area contributed by atoms with Gasteiger partial charge in [0.2, 0.25) is 5.91 Å². The fraction of sp³-hybridized carbons (Fsp3) is 0.917. The van der Waals surface area contributed by atoms with Gasteiger partial charge in [-0.25, -0.2) is 0 Å². The fourth-order valence-electron chi connectivity index (χ4n) is 8.29. The molecule has 5 aliphatic rings. The van der Waals surface area contributed by atoms with Gasteiger partial charge >= 0.3 is 5.97 Å². The zero-order chi connectivity index (χ0) is 19.5. The van der Waals surface area contributed by atoms with Crippen LogP contribution in [0.15, 0.2) is 0 Å². The average molecular weight is 388 g/mol. The summed E-state index contributed by atoms with van der Waals surface area (Å²) in [6, 6.07) is 0. The Morgan fingerprint density at radius 1 is 0.929 bits per heavy atom. The fourth-order valence-corrected chi connectivity index (χ4v) is 8.29. The highest BCUT2D eigenvalue weighted by atomic mass is 16.5. The van der Waals surface area contributed by atoms with Crippen molar-refractivity contribution >= 4 is 11.9 Å². The minimum Gasteiger partial charge on any atom is -0.462 e. The number of hydrogen-bond acceptors (Lipinski definition) is 3. The van der Waals surface area contributed by atoms with Gasteiger partial charge in [0.25, 0.3) is 0 Å². The zero-order valence-corrected chi connectivity index (χ0v) is 17.8. The van der Waals surface area contributed by atoms with E-state index in [0.717, 1.165) is 38.3 Å². The van der Waals surface area contributed by atoms with Crippen molar-refractivity contribution in [1.29, 1.82) is 0 Å². The van der Waals surface area contributed by atoms with Gasteiger partial charge in [0.05, 0.1) is 0 Å². The molecule has 0 aromatic carbocycles. The largest absolute Gasteiger partial charge is 0.462 e. The normalized spacial score (nSPS) is 48.3. The SMILES string of the molecule is C[C@]12CCC(=O)O[C@@H]1CC[C@@H]1[C@@H]2CC[C@]2(C)[C@@H](C(=O)N3CCCCC3)CC[C@@H]12. The van der Waals surface area contributed by atoms with Gasteiger partial charge in [0.1, 0.15) is 6.10 Å². The highest BCUT2D eigenvalue weighted by Gasteiger charge is 2.62. The molecule has 2 heterocycles. The van der Waals surface area contributed by atoms with Crippen LogP contribution in [0.25, 0.3) is 0 Å². The number of ether oxygens (including phenoxy) is 1. The van der Waals surface area contributed by atoms with Gasteiger partial charge in [0, 0.05) is 30.8 Å². The smallest absolute Gasteiger partial charge is 0.306 e. The summed E-state index contributed by atoms with van der Waals surface area (Å²) in [4.78, 5) is 27.5. The molecule has 0 radical (unpaired) electrons. The van der Waals surface area contributed by atoms with Gasteiger partial charge in [-0.15, -0.1) is 0 Å². The Morgan fingerprint density at radius 3 is 2.46 bits per heavy atom. The molecule has 4 heteroatoms. The molecule has 2 aliphatic heterocycles. The number of nitrogens with zero attached hydrogens (tertiary/aromatic N) is 1. The maximum atomic E-state index is 13.4. The van der Waals surface area contributed by atoms with Crippen molar-refractivity contribution in [2.75, 3.05) is 13.1 Å². The van der Waals surface area contributed by atoms with E-state index in [1.165, 1.54) is 44.9 Å². The number of piperidine rings is 1. The molecule has 0 aromatic rings. The van der Waals surface area contributed by atoms with E-state index in [1.807, 2.05) is 0 Å². The van der Waals surface area contributed by atoms with Crippen molar-refractivity contribution in [2.24, 2.45) is 34.5 Å². The van der Waals surface area contributed by atoms with Crippen LogP contribution in [-0.4, -0.2) is 36.0 Å². The molecule has 0 bridgehead atoms. The van der Waals surface area contributed by atoms with E-state index in [0.29, 0.717) is 24.2 Å². The standard InChI is InChI=1S/C24H37NO3/c1-23-12-10-18-16(6-9-20-24(18,2)13-11-21(26)28-20)17(23)7-8-19(23)22(27)25-14-4-3-5-15-25/h16-20H,3-15H2,1-2H3/t16-,17-,18-,19+,20+,23-,24+/m0/s1. The van der Waals surface area contributed by atoms with Crippen molar-refractivity contribution < 1.29 is 14.3 Å². The second-order valence-electron chi connectivity index (χ2n) is 11.0. The summed E-state index contributed by atoms with van der Waals surface area (Å²) in [7, 11) is 0. The molecule has 7 atom stereocenters. The number of hydrogen-bond donors (Lipinski definition) is 0. The summed E-state index contributed by atoms with van der Waals surface area (Å²) >= 11 is 0. The Hall–Kier alpha value is -1.06. The average Bonchev–Trinajstić information content (AvgIpc) is 3.06. The summed E-state index contributed by atoms with van der Waals surface area (Å²) in [5, 5.41) is 0. The molecule has 0 aromatic heterocycles. The number of likely N-dealkylation sites (tertiary alicyclic amines) is 1. The van der Waals surface area contributed by atoms with Gasteiger partial charge in [-0.05, 0) is 87.4 Å². The first-order valence-corrected chi connectivity index (χ1v) is 11.9. The minimum atomic E-state index is 0.00892. The Bertz CT molecular complexity index is 656. The molecule has 156 valence electrons. The van der Waals surface area contributed by atoms with E-state index in [-0.39, 0.29) is 28.8 Å². The predicted molar refractivity (Wildman–Crippen MR) is 107 cm³/mol. The van der Waals surface area contributed by atoms with Crippen molar-refractivity contribution in [3.63, 3.8) is 0 Å². The van der Waals surface area contributed by atoms with Gasteiger partial charge in [-0.3, -0.25) is 9.59 Å². The Balaban J connectivity index is 1.36. The molecule has 0 N–H and O–H groups in total. The van der Waals surface area contributed by atoms with Crippen LogP contribution in [0.2, 0.25) is 0 Å². The van der Waals surface area contributed by atoms with E-state index in [2.05, 4.69) is 18.7 Å². The monoisotopic (exact) mass is 387 g/mol.